The van der Waals surface area contributed by atoms with Crippen LogP contribution in [-0.2, 0) is 0 Å². The maximum Gasteiger partial charge on any atom is 0.168 e. The summed E-state index contributed by atoms with van der Waals surface area (Å²) < 4.78 is 0. The maximum atomic E-state index is 10.5. The number of hydrogen-bond acceptors (Lipinski definition) is 3. The van der Waals surface area contributed by atoms with Crippen LogP contribution in [0.5, 0.6) is 0 Å². The molecular weight excluding hydrogens is 200 g/mol. The average molecular weight is 209 g/mol. The minimum absolute atomic E-state index is 0.135. The number of anilines is 1. The van der Waals surface area contributed by atoms with Gasteiger partial charge in [0.25, 0.3) is 0 Å². The van der Waals surface area contributed by atoms with Gasteiger partial charge >= 0.3 is 0 Å². The minimum atomic E-state index is -1.20. The molecule has 74 valence electrons. The number of rotatable bonds is 2. The molecule has 14 heavy (non-hydrogen) atoms. The van der Waals surface area contributed by atoms with Crippen molar-refractivity contribution in [1.29, 1.82) is 0 Å². The molecule has 0 aliphatic heterocycles. The number of carbonyl (C=O) groups excluding carboxylic acids is 1. The Bertz CT molecular complexity index is 390. The van der Waals surface area contributed by atoms with Crippen LogP contribution in [0.4, 0.5) is 5.69 Å². The third kappa shape index (κ3) is 2.43. The van der Waals surface area contributed by atoms with Gasteiger partial charge < -0.3 is 21.0 Å². The largest absolute Gasteiger partial charge is 0.545 e. The number of carboxylic acids is 1. The second-order valence-corrected chi connectivity index (χ2v) is 3.25. The zero-order valence-corrected chi connectivity index (χ0v) is 8.35. The zero-order valence-electron chi connectivity index (χ0n) is 7.53. The summed E-state index contributed by atoms with van der Waals surface area (Å²) in [6.07, 6.45) is 0. The smallest absolute Gasteiger partial charge is 0.168 e. The summed E-state index contributed by atoms with van der Waals surface area (Å²) in [4.78, 5) is 10.5. The molecule has 0 saturated carbocycles. The fourth-order valence-electron chi connectivity index (χ4n) is 1.06. The first kappa shape index (κ1) is 10.5. The summed E-state index contributed by atoms with van der Waals surface area (Å²) >= 11 is 4.66. The van der Waals surface area contributed by atoms with Crippen LogP contribution in [0.3, 0.4) is 0 Å². The van der Waals surface area contributed by atoms with Crippen LogP contribution in [0.25, 0.3) is 0 Å². The molecule has 5 heteroatoms. The topological polar surface area (TPSA) is 78.2 Å². The quantitative estimate of drug-likeness (QED) is 0.671. The highest BCUT2D eigenvalue weighted by Gasteiger charge is 2.00. The van der Waals surface area contributed by atoms with Crippen molar-refractivity contribution in [2.75, 3.05) is 5.32 Å². The first-order chi connectivity index (χ1) is 6.50. The molecule has 1 aromatic rings. The molecule has 0 spiro atoms. The van der Waals surface area contributed by atoms with Gasteiger partial charge in [-0.2, -0.15) is 0 Å². The molecule has 0 aliphatic rings. The van der Waals surface area contributed by atoms with Gasteiger partial charge in [0, 0.05) is 5.69 Å². The molecule has 0 saturated heterocycles. The third-order valence-electron chi connectivity index (χ3n) is 1.72. The van der Waals surface area contributed by atoms with Crippen LogP contribution in [0.2, 0.25) is 0 Å². The zero-order chi connectivity index (χ0) is 10.7. The number of nitrogens with one attached hydrogen (secondary N) is 1. The molecule has 0 aromatic heterocycles. The number of nitrogens with two attached hydrogens (primary N) is 1. The van der Waals surface area contributed by atoms with Gasteiger partial charge in [0.2, 0.25) is 0 Å². The summed E-state index contributed by atoms with van der Waals surface area (Å²) in [5.41, 5.74) is 6.86. The molecule has 0 aliphatic carbocycles. The molecule has 4 nitrogen and oxygen atoms in total. The molecule has 0 radical (unpaired) electrons. The van der Waals surface area contributed by atoms with E-state index in [9.17, 15) is 9.90 Å². The van der Waals surface area contributed by atoms with Crippen molar-refractivity contribution in [2.24, 2.45) is 5.73 Å². The fourth-order valence-corrected chi connectivity index (χ4v) is 1.17. The van der Waals surface area contributed by atoms with Gasteiger partial charge in [0.05, 0.1) is 5.97 Å². The molecule has 0 unspecified atom stereocenters. The van der Waals surface area contributed by atoms with E-state index in [1.165, 1.54) is 12.1 Å². The van der Waals surface area contributed by atoms with Crippen molar-refractivity contribution in [3.63, 3.8) is 0 Å². The summed E-state index contributed by atoms with van der Waals surface area (Å²) in [6, 6.07) is 4.53. The van der Waals surface area contributed by atoms with E-state index in [0.29, 0.717) is 5.69 Å². The Kier molecular flexibility index (Phi) is 3.03. The highest BCUT2D eigenvalue weighted by atomic mass is 32.1. The van der Waals surface area contributed by atoms with Crippen molar-refractivity contribution in [3.05, 3.63) is 29.3 Å². The molecule has 3 N–H and O–H groups in total. The summed E-state index contributed by atoms with van der Waals surface area (Å²) in [7, 11) is 0. The Labute approximate surface area is 86.7 Å². The summed E-state index contributed by atoms with van der Waals surface area (Å²) in [5, 5.41) is 13.4. The van der Waals surface area contributed by atoms with E-state index in [1.807, 2.05) is 0 Å². The molecular formula is C9H9N2O2S-. The van der Waals surface area contributed by atoms with Gasteiger partial charge in [-0.15, -0.1) is 0 Å². The number of carboxylic acid groups (broad SMARTS) is 1. The van der Waals surface area contributed by atoms with Crippen molar-refractivity contribution < 1.29 is 9.90 Å². The van der Waals surface area contributed by atoms with Gasteiger partial charge in [0.15, 0.2) is 5.11 Å². The van der Waals surface area contributed by atoms with Crippen molar-refractivity contribution in [3.8, 4) is 0 Å². The molecule has 0 fully saturated rings. The third-order valence-corrected chi connectivity index (χ3v) is 1.82. The number of benzene rings is 1. The Morgan fingerprint density at radius 2 is 2.21 bits per heavy atom. The lowest BCUT2D eigenvalue weighted by atomic mass is 10.1. The number of thiocarbonyl (C=S) groups is 1. The van der Waals surface area contributed by atoms with E-state index >= 15 is 0 Å². The van der Waals surface area contributed by atoms with Crippen LogP contribution in [0.1, 0.15) is 15.9 Å². The van der Waals surface area contributed by atoms with Gasteiger partial charge in [-0.1, -0.05) is 6.07 Å². The molecule has 0 bridgehead atoms. The van der Waals surface area contributed by atoms with Crippen molar-refractivity contribution in [1.82, 2.24) is 0 Å². The summed E-state index contributed by atoms with van der Waals surface area (Å²) in [5.74, 6) is -1.20. The van der Waals surface area contributed by atoms with Crippen LogP contribution in [0, 0.1) is 6.92 Å². The Balaban J connectivity index is 3.01. The highest BCUT2D eigenvalue weighted by molar-refractivity contribution is 7.80. The van der Waals surface area contributed by atoms with E-state index in [1.54, 1.807) is 13.0 Å². The predicted octanol–water partition coefficient (Wildman–Crippen LogP) is 0.0140. The predicted molar refractivity (Wildman–Crippen MR) is 55.9 cm³/mol. The van der Waals surface area contributed by atoms with E-state index in [-0.39, 0.29) is 10.7 Å². The van der Waals surface area contributed by atoms with Crippen LogP contribution < -0.4 is 16.2 Å². The highest BCUT2D eigenvalue weighted by Crippen LogP contribution is 2.15. The Hall–Kier alpha value is -1.62. The minimum Gasteiger partial charge on any atom is -0.545 e. The van der Waals surface area contributed by atoms with E-state index in [4.69, 9.17) is 5.73 Å². The summed E-state index contributed by atoms with van der Waals surface area (Å²) in [6.45, 7) is 1.76. The first-order valence-electron chi connectivity index (χ1n) is 3.89. The first-order valence-corrected chi connectivity index (χ1v) is 4.30. The van der Waals surface area contributed by atoms with E-state index in [2.05, 4.69) is 17.5 Å². The molecule has 1 aromatic carbocycles. The molecule has 0 heterocycles. The van der Waals surface area contributed by atoms with Crippen LogP contribution >= 0.6 is 12.2 Å². The fraction of sp³-hybridized carbons (Fsp3) is 0.111. The lowest BCUT2D eigenvalue weighted by Gasteiger charge is -2.09. The second kappa shape index (κ2) is 4.06. The monoisotopic (exact) mass is 209 g/mol. The van der Waals surface area contributed by atoms with Gasteiger partial charge in [0.1, 0.15) is 0 Å². The number of carbonyl (C=O) groups is 1. The van der Waals surface area contributed by atoms with Gasteiger partial charge in [-0.3, -0.25) is 0 Å². The average Bonchev–Trinajstić information content (AvgIpc) is 2.07. The number of aryl methyl sites for hydroxylation is 1. The van der Waals surface area contributed by atoms with Crippen molar-refractivity contribution in [2.45, 2.75) is 6.92 Å². The number of hydrogen-bond donors (Lipinski definition) is 2. The molecule has 0 atom stereocenters. The standard InChI is InChI=1S/C9H10N2O2S/c1-5-4-6(8(12)13)2-3-7(5)11-9(10)14/h2-4H,1H3,(H,12,13)(H3,10,11,14)/p-1. The van der Waals surface area contributed by atoms with Gasteiger partial charge in [-0.25, -0.2) is 0 Å². The lowest BCUT2D eigenvalue weighted by Crippen LogP contribution is -2.23. The lowest BCUT2D eigenvalue weighted by molar-refractivity contribution is -0.255. The maximum absolute atomic E-state index is 10.5. The van der Waals surface area contributed by atoms with Gasteiger partial charge in [-0.05, 0) is 42.4 Å². The van der Waals surface area contributed by atoms with Crippen LogP contribution in [-0.4, -0.2) is 11.1 Å². The Morgan fingerprint density at radius 3 is 2.64 bits per heavy atom. The van der Waals surface area contributed by atoms with Crippen LogP contribution in [0.15, 0.2) is 18.2 Å². The van der Waals surface area contributed by atoms with E-state index in [0.717, 1.165) is 5.56 Å². The Morgan fingerprint density at radius 1 is 1.57 bits per heavy atom. The molecule has 1 rings (SSSR count). The van der Waals surface area contributed by atoms with Crippen molar-refractivity contribution >= 4 is 29.0 Å². The second-order valence-electron chi connectivity index (χ2n) is 2.81. The molecule has 0 amide bonds. The SMILES string of the molecule is Cc1cc(C(=O)[O-])ccc1NC(N)=S. The normalized spacial score (nSPS) is 9.50. The van der Waals surface area contributed by atoms with E-state index < -0.39 is 5.97 Å². The number of aromatic carboxylic acids is 1.